The fourth-order valence-corrected chi connectivity index (χ4v) is 0.708. The van der Waals surface area contributed by atoms with E-state index in [-0.39, 0.29) is 11.6 Å². The molecule has 0 fully saturated rings. The summed E-state index contributed by atoms with van der Waals surface area (Å²) in [6, 6.07) is 1.62. The number of nitrogens with zero attached hydrogens (tertiary/aromatic N) is 2. The largest absolute Gasteiger partial charge is 0.375 e. The number of hydrogen-bond acceptors (Lipinski definition) is 4. The number of carbonyl (C=O) groups is 1. The summed E-state index contributed by atoms with van der Waals surface area (Å²) in [7, 11) is 0. The number of aliphatic hydroxyl groups is 1. The van der Waals surface area contributed by atoms with Crippen LogP contribution in [0.15, 0.2) is 18.5 Å². The van der Waals surface area contributed by atoms with E-state index in [1.54, 1.807) is 6.07 Å². The second-order valence-corrected chi connectivity index (χ2v) is 2.70. The third-order valence-electron chi connectivity index (χ3n) is 1.69. The minimum Gasteiger partial charge on any atom is -0.375 e. The molecule has 4 nitrogen and oxygen atoms in total. The van der Waals surface area contributed by atoms with Crippen molar-refractivity contribution in [3.05, 3.63) is 24.3 Å². The van der Waals surface area contributed by atoms with E-state index in [9.17, 15) is 9.90 Å². The molecule has 1 heterocycles. The quantitative estimate of drug-likeness (QED) is 0.685. The summed E-state index contributed by atoms with van der Waals surface area (Å²) in [4.78, 5) is 18.5. The molecule has 0 saturated heterocycles. The van der Waals surface area contributed by atoms with Crippen LogP contribution in [0.4, 0.5) is 0 Å². The minimum atomic E-state index is -1.57. The SMILES string of the molecule is CC(=O)C(C)(O)c1ncccn1. The lowest BCUT2D eigenvalue weighted by Crippen LogP contribution is -2.32. The summed E-state index contributed by atoms with van der Waals surface area (Å²) in [5.74, 6) is -0.230. The molecule has 1 aromatic heterocycles. The Kier molecular flexibility index (Phi) is 2.19. The first-order chi connectivity index (χ1) is 5.55. The average molecular weight is 166 g/mol. The molecule has 4 heteroatoms. The van der Waals surface area contributed by atoms with Gasteiger partial charge in [0, 0.05) is 12.4 Å². The molecule has 1 aromatic rings. The maximum atomic E-state index is 10.9. The van der Waals surface area contributed by atoms with Gasteiger partial charge in [0.1, 0.15) is 0 Å². The van der Waals surface area contributed by atoms with Crippen molar-refractivity contribution < 1.29 is 9.90 Å². The van der Waals surface area contributed by atoms with Gasteiger partial charge in [0.2, 0.25) is 0 Å². The van der Waals surface area contributed by atoms with Crippen LogP contribution in [0.3, 0.4) is 0 Å². The monoisotopic (exact) mass is 166 g/mol. The van der Waals surface area contributed by atoms with Crippen LogP contribution >= 0.6 is 0 Å². The summed E-state index contributed by atoms with van der Waals surface area (Å²) in [5.41, 5.74) is -1.57. The average Bonchev–Trinajstić information content (AvgIpc) is 2.06. The summed E-state index contributed by atoms with van der Waals surface area (Å²) in [6.45, 7) is 2.68. The molecule has 0 amide bonds. The number of aromatic nitrogens is 2. The fourth-order valence-electron chi connectivity index (χ4n) is 0.708. The van der Waals surface area contributed by atoms with Gasteiger partial charge in [-0.3, -0.25) is 4.79 Å². The predicted octanol–water partition coefficient (Wildman–Crippen LogP) is 0.273. The topological polar surface area (TPSA) is 63.1 Å². The van der Waals surface area contributed by atoms with Crippen LogP contribution < -0.4 is 0 Å². The molecular formula is C8H10N2O2. The van der Waals surface area contributed by atoms with Crippen molar-refractivity contribution in [3.63, 3.8) is 0 Å². The van der Waals surface area contributed by atoms with Gasteiger partial charge < -0.3 is 5.11 Å². The first kappa shape index (κ1) is 8.80. The Morgan fingerprint density at radius 2 is 2.00 bits per heavy atom. The Hall–Kier alpha value is -1.29. The van der Waals surface area contributed by atoms with Gasteiger partial charge in [-0.25, -0.2) is 9.97 Å². The van der Waals surface area contributed by atoms with E-state index in [0.717, 1.165) is 0 Å². The maximum absolute atomic E-state index is 10.9. The highest BCUT2D eigenvalue weighted by molar-refractivity contribution is 5.84. The van der Waals surface area contributed by atoms with Gasteiger partial charge in [-0.15, -0.1) is 0 Å². The molecule has 64 valence electrons. The van der Waals surface area contributed by atoms with E-state index in [1.165, 1.54) is 26.2 Å². The lowest BCUT2D eigenvalue weighted by Gasteiger charge is -2.16. The van der Waals surface area contributed by atoms with Crippen LogP contribution in [0.25, 0.3) is 0 Å². The standard InChI is InChI=1S/C8H10N2O2/c1-6(11)8(2,12)7-9-4-3-5-10-7/h3-5,12H,1-2H3. The molecule has 1 unspecified atom stereocenters. The number of ketones is 1. The molecule has 12 heavy (non-hydrogen) atoms. The molecule has 1 rings (SSSR count). The highest BCUT2D eigenvalue weighted by Crippen LogP contribution is 2.15. The highest BCUT2D eigenvalue weighted by Gasteiger charge is 2.31. The molecule has 1 N–H and O–H groups in total. The third kappa shape index (κ3) is 1.48. The molecule has 0 spiro atoms. The number of rotatable bonds is 2. The van der Waals surface area contributed by atoms with Crippen LogP contribution in [0.2, 0.25) is 0 Å². The molecule has 0 saturated carbocycles. The number of carbonyl (C=O) groups excluding carboxylic acids is 1. The van der Waals surface area contributed by atoms with Crippen molar-refractivity contribution in [2.75, 3.05) is 0 Å². The van der Waals surface area contributed by atoms with Gasteiger partial charge in [-0.2, -0.15) is 0 Å². The lowest BCUT2D eigenvalue weighted by molar-refractivity contribution is -0.134. The molecule has 0 radical (unpaired) electrons. The smallest absolute Gasteiger partial charge is 0.179 e. The third-order valence-corrected chi connectivity index (χ3v) is 1.69. The van der Waals surface area contributed by atoms with Gasteiger partial charge >= 0.3 is 0 Å². The van der Waals surface area contributed by atoms with Crippen molar-refractivity contribution >= 4 is 5.78 Å². The molecule has 1 atom stereocenters. The van der Waals surface area contributed by atoms with Crippen molar-refractivity contribution in [2.45, 2.75) is 19.4 Å². The van der Waals surface area contributed by atoms with E-state index in [0.29, 0.717) is 0 Å². The zero-order chi connectivity index (χ0) is 9.19. The van der Waals surface area contributed by atoms with E-state index in [1.807, 2.05) is 0 Å². The van der Waals surface area contributed by atoms with Crippen LogP contribution in [0.1, 0.15) is 19.7 Å². The van der Waals surface area contributed by atoms with Gasteiger partial charge in [0.15, 0.2) is 17.2 Å². The molecule has 0 aliphatic carbocycles. The summed E-state index contributed by atoms with van der Waals surface area (Å²) in [5, 5.41) is 9.59. The Balaban J connectivity index is 3.06. The van der Waals surface area contributed by atoms with Gasteiger partial charge in [-0.05, 0) is 19.9 Å². The van der Waals surface area contributed by atoms with Crippen LogP contribution in [0, 0.1) is 0 Å². The normalized spacial score (nSPS) is 15.2. The van der Waals surface area contributed by atoms with E-state index in [4.69, 9.17) is 0 Å². The van der Waals surface area contributed by atoms with Crippen LogP contribution in [-0.4, -0.2) is 20.9 Å². The Labute approximate surface area is 70.3 Å². The van der Waals surface area contributed by atoms with Crippen molar-refractivity contribution in [3.8, 4) is 0 Å². The maximum Gasteiger partial charge on any atom is 0.179 e. The van der Waals surface area contributed by atoms with Crippen LogP contribution in [0.5, 0.6) is 0 Å². The van der Waals surface area contributed by atoms with Gasteiger partial charge in [0.05, 0.1) is 0 Å². The van der Waals surface area contributed by atoms with Crippen molar-refractivity contribution in [1.29, 1.82) is 0 Å². The van der Waals surface area contributed by atoms with Crippen LogP contribution in [-0.2, 0) is 10.4 Å². The number of hydrogen-bond donors (Lipinski definition) is 1. The first-order valence-electron chi connectivity index (χ1n) is 3.56. The van der Waals surface area contributed by atoms with Crippen molar-refractivity contribution in [1.82, 2.24) is 9.97 Å². The van der Waals surface area contributed by atoms with E-state index in [2.05, 4.69) is 9.97 Å². The fraction of sp³-hybridized carbons (Fsp3) is 0.375. The Morgan fingerprint density at radius 1 is 1.50 bits per heavy atom. The lowest BCUT2D eigenvalue weighted by atomic mass is 10.0. The summed E-state index contributed by atoms with van der Waals surface area (Å²) in [6.07, 6.45) is 2.97. The van der Waals surface area contributed by atoms with E-state index >= 15 is 0 Å². The summed E-state index contributed by atoms with van der Waals surface area (Å²) >= 11 is 0. The second-order valence-electron chi connectivity index (χ2n) is 2.70. The molecule has 0 aliphatic heterocycles. The second kappa shape index (κ2) is 2.98. The first-order valence-corrected chi connectivity index (χ1v) is 3.56. The summed E-state index contributed by atoms with van der Waals surface area (Å²) < 4.78 is 0. The Bertz CT molecular complexity index is 282. The molecule has 0 aliphatic rings. The minimum absolute atomic E-state index is 0.137. The highest BCUT2D eigenvalue weighted by atomic mass is 16.3. The zero-order valence-corrected chi connectivity index (χ0v) is 6.98. The van der Waals surface area contributed by atoms with E-state index < -0.39 is 5.60 Å². The molecular weight excluding hydrogens is 156 g/mol. The predicted molar refractivity (Wildman–Crippen MR) is 42.3 cm³/mol. The van der Waals surface area contributed by atoms with Gasteiger partial charge in [-0.1, -0.05) is 0 Å². The number of Topliss-reactive ketones (excluding diaryl/α,β-unsaturated/α-hetero) is 1. The van der Waals surface area contributed by atoms with Gasteiger partial charge in [0.25, 0.3) is 0 Å². The molecule has 0 aromatic carbocycles. The Morgan fingerprint density at radius 3 is 2.42 bits per heavy atom. The zero-order valence-electron chi connectivity index (χ0n) is 6.98. The molecule has 0 bridgehead atoms. The van der Waals surface area contributed by atoms with Crippen molar-refractivity contribution in [2.24, 2.45) is 0 Å².